The Kier molecular flexibility index (Phi) is 5.57. The highest BCUT2D eigenvalue weighted by Gasteiger charge is 2.17. The lowest BCUT2D eigenvalue weighted by molar-refractivity contribution is 0.174. The van der Waals surface area contributed by atoms with Gasteiger partial charge in [0.15, 0.2) is 11.5 Å². The average Bonchev–Trinajstić information content (AvgIpc) is 3.20. The Morgan fingerprint density at radius 1 is 1.17 bits per heavy atom. The Morgan fingerprint density at radius 3 is 2.83 bits per heavy atom. The van der Waals surface area contributed by atoms with Crippen LogP contribution in [0.4, 0.5) is 0 Å². The summed E-state index contributed by atoms with van der Waals surface area (Å²) in [6.07, 6.45) is 4.76. The Balaban J connectivity index is 1.49. The number of hydrogen-bond acceptors (Lipinski definition) is 4. The third-order valence-corrected chi connectivity index (χ3v) is 4.79. The highest BCUT2D eigenvalue weighted by Crippen LogP contribution is 2.33. The minimum absolute atomic E-state index is 0.343. The molecule has 0 radical (unpaired) electrons. The molecule has 2 heterocycles. The van der Waals surface area contributed by atoms with E-state index in [1.54, 1.807) is 0 Å². The van der Waals surface area contributed by atoms with E-state index in [1.807, 2.05) is 6.07 Å². The van der Waals surface area contributed by atoms with E-state index in [2.05, 4.69) is 41.9 Å². The van der Waals surface area contributed by atoms with Crippen LogP contribution in [0.15, 0.2) is 23.8 Å². The molecule has 1 aromatic rings. The van der Waals surface area contributed by atoms with Gasteiger partial charge in [-0.1, -0.05) is 31.6 Å². The van der Waals surface area contributed by atoms with Crippen LogP contribution in [0.5, 0.6) is 11.5 Å². The second-order valence-electron chi connectivity index (χ2n) is 6.32. The van der Waals surface area contributed by atoms with Crippen LogP contribution in [0, 0.1) is 0 Å². The van der Waals surface area contributed by atoms with Gasteiger partial charge in [-0.3, -0.25) is 4.90 Å². The number of ether oxygens (including phenoxy) is 2. The molecule has 1 aromatic carbocycles. The molecule has 0 N–H and O–H groups in total. The molecule has 23 heavy (non-hydrogen) atoms. The van der Waals surface area contributed by atoms with Gasteiger partial charge in [-0.15, -0.1) is 0 Å². The number of rotatable bonds is 7. The molecule has 0 saturated carbocycles. The van der Waals surface area contributed by atoms with E-state index >= 15 is 0 Å². The summed E-state index contributed by atoms with van der Waals surface area (Å²) in [7, 11) is 0. The Labute approximate surface area is 139 Å². The van der Waals surface area contributed by atoms with Crippen molar-refractivity contribution in [1.29, 1.82) is 0 Å². The van der Waals surface area contributed by atoms with Gasteiger partial charge in [0, 0.05) is 13.1 Å². The van der Waals surface area contributed by atoms with Crippen LogP contribution in [0.2, 0.25) is 0 Å². The van der Waals surface area contributed by atoms with Crippen LogP contribution in [0.25, 0.3) is 6.08 Å². The predicted molar refractivity (Wildman–Crippen MR) is 94.0 cm³/mol. The summed E-state index contributed by atoms with van der Waals surface area (Å²) in [4.78, 5) is 5.07. The Bertz CT molecular complexity index is 552. The molecular formula is C19H28N2O2. The van der Waals surface area contributed by atoms with Gasteiger partial charge >= 0.3 is 0 Å². The summed E-state index contributed by atoms with van der Waals surface area (Å²) in [5, 5.41) is 0. The zero-order valence-electron chi connectivity index (χ0n) is 14.4. The SMILES string of the molecule is CCN(CC)CCCN1CC/C(=C\c2ccc3c(c2)OCO3)C1. The van der Waals surface area contributed by atoms with E-state index in [-0.39, 0.29) is 0 Å². The van der Waals surface area contributed by atoms with E-state index in [0.717, 1.165) is 31.1 Å². The minimum atomic E-state index is 0.343. The van der Waals surface area contributed by atoms with Crippen molar-refractivity contribution in [2.45, 2.75) is 26.7 Å². The summed E-state index contributed by atoms with van der Waals surface area (Å²) in [5.74, 6) is 1.73. The van der Waals surface area contributed by atoms with Crippen molar-refractivity contribution in [3.05, 3.63) is 29.3 Å². The maximum absolute atomic E-state index is 5.45. The molecule has 4 heteroatoms. The molecule has 0 bridgehead atoms. The summed E-state index contributed by atoms with van der Waals surface area (Å²) < 4.78 is 10.8. The van der Waals surface area contributed by atoms with E-state index in [9.17, 15) is 0 Å². The first-order valence-corrected chi connectivity index (χ1v) is 8.82. The van der Waals surface area contributed by atoms with Crippen LogP contribution >= 0.6 is 0 Å². The highest BCUT2D eigenvalue weighted by atomic mass is 16.7. The molecule has 0 unspecified atom stereocenters. The topological polar surface area (TPSA) is 24.9 Å². The lowest BCUT2D eigenvalue weighted by atomic mass is 10.1. The highest BCUT2D eigenvalue weighted by molar-refractivity contribution is 5.59. The molecule has 1 saturated heterocycles. The molecule has 0 atom stereocenters. The van der Waals surface area contributed by atoms with Crippen molar-refractivity contribution in [1.82, 2.24) is 9.80 Å². The van der Waals surface area contributed by atoms with Crippen molar-refractivity contribution in [3.63, 3.8) is 0 Å². The van der Waals surface area contributed by atoms with Gasteiger partial charge in [0.1, 0.15) is 0 Å². The number of nitrogens with zero attached hydrogens (tertiary/aromatic N) is 2. The summed E-state index contributed by atoms with van der Waals surface area (Å²) in [5.41, 5.74) is 2.74. The summed E-state index contributed by atoms with van der Waals surface area (Å²) in [6.45, 7) is 11.9. The summed E-state index contributed by atoms with van der Waals surface area (Å²) in [6, 6.07) is 6.20. The largest absolute Gasteiger partial charge is 0.454 e. The lowest BCUT2D eigenvalue weighted by Gasteiger charge is -2.20. The van der Waals surface area contributed by atoms with Gasteiger partial charge in [0.2, 0.25) is 6.79 Å². The van der Waals surface area contributed by atoms with E-state index in [0.29, 0.717) is 6.79 Å². The van der Waals surface area contributed by atoms with Crippen LogP contribution in [-0.2, 0) is 0 Å². The van der Waals surface area contributed by atoms with Crippen molar-refractivity contribution < 1.29 is 9.47 Å². The van der Waals surface area contributed by atoms with Crippen molar-refractivity contribution in [2.24, 2.45) is 0 Å². The zero-order valence-corrected chi connectivity index (χ0v) is 14.4. The maximum atomic E-state index is 5.45. The summed E-state index contributed by atoms with van der Waals surface area (Å²) >= 11 is 0. The third kappa shape index (κ3) is 4.27. The Morgan fingerprint density at radius 2 is 2.00 bits per heavy atom. The lowest BCUT2D eigenvalue weighted by Crippen LogP contribution is -2.28. The number of fused-ring (bicyclic) bond motifs is 1. The van der Waals surface area contributed by atoms with Crippen LogP contribution in [0.1, 0.15) is 32.3 Å². The van der Waals surface area contributed by atoms with Gasteiger partial charge in [0.25, 0.3) is 0 Å². The fraction of sp³-hybridized carbons (Fsp3) is 0.579. The average molecular weight is 316 g/mol. The molecule has 3 rings (SSSR count). The quantitative estimate of drug-likeness (QED) is 0.771. The normalized spacial score (nSPS) is 19.2. The number of hydrogen-bond donors (Lipinski definition) is 0. The number of benzene rings is 1. The minimum Gasteiger partial charge on any atom is -0.454 e. The number of likely N-dealkylation sites (tertiary alicyclic amines) is 1. The second kappa shape index (κ2) is 7.84. The molecule has 2 aliphatic rings. The fourth-order valence-electron chi connectivity index (χ4n) is 3.35. The molecule has 1 fully saturated rings. The molecule has 2 aliphatic heterocycles. The van der Waals surface area contributed by atoms with Crippen LogP contribution in [0.3, 0.4) is 0 Å². The Hall–Kier alpha value is -1.52. The van der Waals surface area contributed by atoms with Gasteiger partial charge in [-0.05, 0) is 56.7 Å². The first kappa shape index (κ1) is 16.3. The van der Waals surface area contributed by atoms with Crippen molar-refractivity contribution >= 4 is 6.08 Å². The molecule has 0 spiro atoms. The smallest absolute Gasteiger partial charge is 0.231 e. The van der Waals surface area contributed by atoms with Gasteiger partial charge in [-0.25, -0.2) is 0 Å². The van der Waals surface area contributed by atoms with E-state index < -0.39 is 0 Å². The molecule has 0 aliphatic carbocycles. The van der Waals surface area contributed by atoms with Gasteiger partial charge in [-0.2, -0.15) is 0 Å². The van der Waals surface area contributed by atoms with E-state index in [1.165, 1.54) is 43.6 Å². The molecule has 0 amide bonds. The standard InChI is InChI=1S/C19H28N2O2/c1-3-20(4-2)9-5-10-21-11-8-17(14-21)12-16-6-7-18-19(13-16)23-15-22-18/h6-7,12-13H,3-5,8-11,14-15H2,1-2H3/b17-12+. The van der Waals surface area contributed by atoms with Crippen molar-refractivity contribution in [2.75, 3.05) is 46.1 Å². The maximum Gasteiger partial charge on any atom is 0.231 e. The molecule has 126 valence electrons. The van der Waals surface area contributed by atoms with Gasteiger partial charge in [0.05, 0.1) is 0 Å². The van der Waals surface area contributed by atoms with Crippen LogP contribution < -0.4 is 9.47 Å². The third-order valence-electron chi connectivity index (χ3n) is 4.79. The predicted octanol–water partition coefficient (Wildman–Crippen LogP) is 3.24. The molecule has 4 nitrogen and oxygen atoms in total. The van der Waals surface area contributed by atoms with Crippen molar-refractivity contribution in [3.8, 4) is 11.5 Å². The van der Waals surface area contributed by atoms with Gasteiger partial charge < -0.3 is 14.4 Å². The molecular weight excluding hydrogens is 288 g/mol. The zero-order chi connectivity index (χ0) is 16.1. The second-order valence-corrected chi connectivity index (χ2v) is 6.32. The monoisotopic (exact) mass is 316 g/mol. The van der Waals surface area contributed by atoms with Crippen LogP contribution in [-0.4, -0.2) is 55.9 Å². The first-order chi connectivity index (χ1) is 11.3. The fourth-order valence-corrected chi connectivity index (χ4v) is 3.35. The van der Waals surface area contributed by atoms with E-state index in [4.69, 9.17) is 9.47 Å². The molecule has 0 aromatic heterocycles. The first-order valence-electron chi connectivity index (χ1n) is 8.82.